The number of esters is 1. The van der Waals surface area contributed by atoms with E-state index in [0.29, 0.717) is 34.5 Å². The van der Waals surface area contributed by atoms with E-state index in [1.54, 1.807) is 44.2 Å². The van der Waals surface area contributed by atoms with Crippen molar-refractivity contribution in [3.63, 3.8) is 0 Å². The Balaban J connectivity index is 1.37. The number of aromatic nitrogens is 4. The minimum atomic E-state index is -0.656. The molecule has 2 aromatic carbocycles. The lowest BCUT2D eigenvalue weighted by atomic mass is 10.1. The Morgan fingerprint density at radius 2 is 1.81 bits per heavy atom. The standard InChI is InChI=1S/C22H18FN5O4/c1-13-11-19(28(26-13)18-9-7-17(23)8-10-18)25-20(29)12-31-22(30)16-5-3-15(4-6-16)21-24-14(2)27-32-21/h3-11H,12H2,1-2H3,(H,25,29). The first kappa shape index (κ1) is 20.9. The minimum Gasteiger partial charge on any atom is -0.452 e. The third-order valence-corrected chi connectivity index (χ3v) is 4.40. The number of ether oxygens (including phenoxy) is 1. The Labute approximate surface area is 181 Å². The summed E-state index contributed by atoms with van der Waals surface area (Å²) in [5.74, 6) is -0.360. The fourth-order valence-electron chi connectivity index (χ4n) is 2.92. The molecule has 2 heterocycles. The molecule has 0 unspecified atom stereocenters. The molecule has 32 heavy (non-hydrogen) atoms. The Hall–Kier alpha value is -4.34. The predicted molar refractivity (Wildman–Crippen MR) is 112 cm³/mol. The molecule has 9 nitrogen and oxygen atoms in total. The number of rotatable bonds is 6. The highest BCUT2D eigenvalue weighted by Crippen LogP contribution is 2.19. The molecule has 0 aliphatic heterocycles. The summed E-state index contributed by atoms with van der Waals surface area (Å²) in [6.45, 7) is 2.98. The van der Waals surface area contributed by atoms with Crippen molar-refractivity contribution in [1.29, 1.82) is 0 Å². The van der Waals surface area contributed by atoms with Crippen molar-refractivity contribution in [3.05, 3.63) is 77.5 Å². The van der Waals surface area contributed by atoms with Crippen molar-refractivity contribution in [2.45, 2.75) is 13.8 Å². The summed E-state index contributed by atoms with van der Waals surface area (Å²) < 4.78 is 24.8. The van der Waals surface area contributed by atoms with Gasteiger partial charge in [-0.05, 0) is 62.4 Å². The second-order valence-electron chi connectivity index (χ2n) is 6.91. The highest BCUT2D eigenvalue weighted by atomic mass is 19.1. The fourth-order valence-corrected chi connectivity index (χ4v) is 2.92. The lowest BCUT2D eigenvalue weighted by Crippen LogP contribution is -2.22. The van der Waals surface area contributed by atoms with Crippen LogP contribution in [0.4, 0.5) is 10.2 Å². The van der Waals surface area contributed by atoms with Crippen LogP contribution >= 0.6 is 0 Å². The van der Waals surface area contributed by atoms with Crippen LogP contribution in [-0.4, -0.2) is 38.4 Å². The minimum absolute atomic E-state index is 0.269. The average Bonchev–Trinajstić information content (AvgIpc) is 3.38. The topological polar surface area (TPSA) is 112 Å². The van der Waals surface area contributed by atoms with Gasteiger partial charge < -0.3 is 14.6 Å². The van der Waals surface area contributed by atoms with Crippen molar-refractivity contribution in [1.82, 2.24) is 19.9 Å². The van der Waals surface area contributed by atoms with Crippen molar-refractivity contribution >= 4 is 17.7 Å². The molecule has 2 aromatic heterocycles. The maximum absolute atomic E-state index is 13.2. The first-order chi connectivity index (χ1) is 15.4. The SMILES string of the molecule is Cc1cc(NC(=O)COC(=O)c2ccc(-c3nc(C)no3)cc2)n(-c2ccc(F)cc2)n1. The second kappa shape index (κ2) is 8.80. The smallest absolute Gasteiger partial charge is 0.338 e. The van der Waals surface area contributed by atoms with E-state index >= 15 is 0 Å². The van der Waals surface area contributed by atoms with Crippen LogP contribution in [0.25, 0.3) is 17.1 Å². The van der Waals surface area contributed by atoms with E-state index in [1.807, 2.05) is 0 Å². The zero-order valence-corrected chi connectivity index (χ0v) is 17.2. The van der Waals surface area contributed by atoms with Gasteiger partial charge in [-0.3, -0.25) is 4.79 Å². The van der Waals surface area contributed by atoms with Gasteiger partial charge in [0.2, 0.25) is 0 Å². The first-order valence-corrected chi connectivity index (χ1v) is 9.59. The highest BCUT2D eigenvalue weighted by molar-refractivity contribution is 5.95. The molecule has 0 atom stereocenters. The van der Waals surface area contributed by atoms with Crippen LogP contribution < -0.4 is 5.32 Å². The molecule has 1 amide bonds. The Morgan fingerprint density at radius 1 is 1.09 bits per heavy atom. The van der Waals surface area contributed by atoms with E-state index in [0.717, 1.165) is 0 Å². The zero-order chi connectivity index (χ0) is 22.7. The van der Waals surface area contributed by atoms with E-state index in [4.69, 9.17) is 9.26 Å². The zero-order valence-electron chi connectivity index (χ0n) is 17.2. The van der Waals surface area contributed by atoms with E-state index < -0.39 is 18.5 Å². The molecule has 0 fully saturated rings. The number of nitrogens with zero attached hydrogens (tertiary/aromatic N) is 4. The van der Waals surface area contributed by atoms with Gasteiger partial charge in [0.1, 0.15) is 11.6 Å². The monoisotopic (exact) mass is 435 g/mol. The van der Waals surface area contributed by atoms with E-state index in [1.165, 1.54) is 28.9 Å². The van der Waals surface area contributed by atoms with Gasteiger partial charge in [0, 0.05) is 11.6 Å². The quantitative estimate of drug-likeness (QED) is 0.462. The van der Waals surface area contributed by atoms with E-state index in [9.17, 15) is 14.0 Å². The number of carbonyl (C=O) groups is 2. The van der Waals surface area contributed by atoms with Gasteiger partial charge in [0.05, 0.1) is 16.9 Å². The number of hydrogen-bond acceptors (Lipinski definition) is 7. The molecule has 1 N–H and O–H groups in total. The largest absolute Gasteiger partial charge is 0.452 e. The summed E-state index contributed by atoms with van der Waals surface area (Å²) in [7, 11) is 0. The van der Waals surface area contributed by atoms with Crippen molar-refractivity contribution < 1.29 is 23.2 Å². The third kappa shape index (κ3) is 4.69. The number of hydrogen-bond donors (Lipinski definition) is 1. The van der Waals surface area contributed by atoms with Crippen molar-refractivity contribution in [2.75, 3.05) is 11.9 Å². The fraction of sp³-hybridized carbons (Fsp3) is 0.136. The van der Waals surface area contributed by atoms with E-state index in [2.05, 4.69) is 20.6 Å². The van der Waals surface area contributed by atoms with Crippen LogP contribution in [0.15, 0.2) is 59.1 Å². The molecule has 162 valence electrons. The highest BCUT2D eigenvalue weighted by Gasteiger charge is 2.15. The molecule has 10 heteroatoms. The molecule has 4 rings (SSSR count). The molecule has 0 radical (unpaired) electrons. The molecular weight excluding hydrogens is 417 g/mol. The third-order valence-electron chi connectivity index (χ3n) is 4.40. The van der Waals surface area contributed by atoms with Gasteiger partial charge in [-0.15, -0.1) is 0 Å². The maximum atomic E-state index is 13.2. The van der Waals surface area contributed by atoms with Crippen LogP contribution in [0, 0.1) is 19.7 Å². The number of aryl methyl sites for hydroxylation is 2. The summed E-state index contributed by atoms with van der Waals surface area (Å²) in [4.78, 5) is 28.7. The molecule has 4 aromatic rings. The average molecular weight is 435 g/mol. The number of amides is 1. The summed E-state index contributed by atoms with van der Waals surface area (Å²) in [5.41, 5.74) is 2.15. The molecule has 0 saturated carbocycles. The Bertz CT molecular complexity index is 1260. The Morgan fingerprint density at radius 3 is 2.47 bits per heavy atom. The molecule has 0 bridgehead atoms. The second-order valence-corrected chi connectivity index (χ2v) is 6.91. The van der Waals surface area contributed by atoms with Crippen LogP contribution in [0.5, 0.6) is 0 Å². The summed E-state index contributed by atoms with van der Waals surface area (Å²) >= 11 is 0. The molecular formula is C22H18FN5O4. The first-order valence-electron chi connectivity index (χ1n) is 9.59. The molecule has 0 saturated heterocycles. The van der Waals surface area contributed by atoms with Crippen LogP contribution in [-0.2, 0) is 9.53 Å². The number of carbonyl (C=O) groups excluding carboxylic acids is 2. The van der Waals surface area contributed by atoms with Gasteiger partial charge >= 0.3 is 5.97 Å². The van der Waals surface area contributed by atoms with Crippen molar-refractivity contribution in [2.24, 2.45) is 0 Å². The predicted octanol–water partition coefficient (Wildman–Crippen LogP) is 3.47. The van der Waals surface area contributed by atoms with Gasteiger partial charge in [0.25, 0.3) is 11.8 Å². The van der Waals surface area contributed by atoms with Gasteiger partial charge in [0.15, 0.2) is 12.4 Å². The molecule has 0 aliphatic rings. The number of benzene rings is 2. The number of anilines is 1. The maximum Gasteiger partial charge on any atom is 0.338 e. The number of halogens is 1. The van der Waals surface area contributed by atoms with Gasteiger partial charge in [-0.1, -0.05) is 5.16 Å². The summed E-state index contributed by atoms with van der Waals surface area (Å²) in [6.07, 6.45) is 0. The lowest BCUT2D eigenvalue weighted by Gasteiger charge is -2.09. The van der Waals surface area contributed by atoms with Crippen LogP contribution in [0.2, 0.25) is 0 Å². The Kier molecular flexibility index (Phi) is 5.75. The summed E-state index contributed by atoms with van der Waals surface area (Å²) in [5, 5.41) is 10.7. The van der Waals surface area contributed by atoms with Crippen LogP contribution in [0.3, 0.4) is 0 Å². The molecule has 0 spiro atoms. The lowest BCUT2D eigenvalue weighted by molar-refractivity contribution is -0.119. The van der Waals surface area contributed by atoms with Crippen LogP contribution in [0.1, 0.15) is 21.9 Å². The van der Waals surface area contributed by atoms with E-state index in [-0.39, 0.29) is 11.4 Å². The summed E-state index contributed by atoms with van der Waals surface area (Å²) in [6, 6.07) is 13.7. The van der Waals surface area contributed by atoms with Crippen molar-refractivity contribution in [3.8, 4) is 17.1 Å². The van der Waals surface area contributed by atoms with Gasteiger partial charge in [-0.25, -0.2) is 13.9 Å². The van der Waals surface area contributed by atoms with Gasteiger partial charge in [-0.2, -0.15) is 10.1 Å². The number of nitrogens with one attached hydrogen (secondary N) is 1. The normalized spacial score (nSPS) is 10.7. The molecule has 0 aliphatic carbocycles.